The first-order chi connectivity index (χ1) is 9.00. The Kier molecular flexibility index (Phi) is 4.42. The number of nitrogens with one attached hydrogen (secondary N) is 1. The number of anilines is 1. The van der Waals surface area contributed by atoms with Gasteiger partial charge in [0.25, 0.3) is 0 Å². The Morgan fingerprint density at radius 1 is 1.63 bits per heavy atom. The Balaban J connectivity index is 1.75. The zero-order valence-electron chi connectivity index (χ0n) is 11.3. The SMILES string of the molecule is CC(C)(C(=O)O)c1csc(NCCOCC2CC2)n1. The highest BCUT2D eigenvalue weighted by Gasteiger charge is 2.32. The van der Waals surface area contributed by atoms with Crippen molar-refractivity contribution >= 4 is 22.4 Å². The van der Waals surface area contributed by atoms with Crippen LogP contribution in [0.15, 0.2) is 5.38 Å². The minimum absolute atomic E-state index is 0.589. The summed E-state index contributed by atoms with van der Waals surface area (Å²) in [6, 6.07) is 0. The molecule has 19 heavy (non-hydrogen) atoms. The maximum absolute atomic E-state index is 11.1. The third-order valence-electron chi connectivity index (χ3n) is 3.25. The van der Waals surface area contributed by atoms with E-state index in [4.69, 9.17) is 9.84 Å². The van der Waals surface area contributed by atoms with Crippen LogP contribution in [0.25, 0.3) is 0 Å². The summed E-state index contributed by atoms with van der Waals surface area (Å²) in [4.78, 5) is 15.4. The van der Waals surface area contributed by atoms with Gasteiger partial charge in [-0.15, -0.1) is 11.3 Å². The molecule has 1 saturated carbocycles. The third kappa shape index (κ3) is 3.91. The van der Waals surface area contributed by atoms with Crippen LogP contribution >= 0.6 is 11.3 Å². The zero-order valence-corrected chi connectivity index (χ0v) is 12.1. The summed E-state index contributed by atoms with van der Waals surface area (Å²) in [6.45, 7) is 5.54. The summed E-state index contributed by atoms with van der Waals surface area (Å²) in [6.07, 6.45) is 2.60. The fourth-order valence-electron chi connectivity index (χ4n) is 1.52. The van der Waals surface area contributed by atoms with Gasteiger partial charge in [-0.05, 0) is 32.6 Å². The molecular formula is C13H20N2O3S. The summed E-state index contributed by atoms with van der Waals surface area (Å²) in [5.41, 5.74) is -0.356. The number of carbonyl (C=O) groups is 1. The van der Waals surface area contributed by atoms with Crippen LogP contribution in [0.3, 0.4) is 0 Å². The van der Waals surface area contributed by atoms with Crippen molar-refractivity contribution in [3.63, 3.8) is 0 Å². The molecule has 0 bridgehead atoms. The number of hydrogen-bond acceptors (Lipinski definition) is 5. The average Bonchev–Trinajstić information content (AvgIpc) is 3.04. The van der Waals surface area contributed by atoms with Gasteiger partial charge in [0.2, 0.25) is 0 Å². The van der Waals surface area contributed by atoms with Gasteiger partial charge in [0.05, 0.1) is 12.3 Å². The number of aromatic nitrogens is 1. The number of hydrogen-bond donors (Lipinski definition) is 2. The molecule has 1 fully saturated rings. The van der Waals surface area contributed by atoms with E-state index in [1.54, 1.807) is 19.2 Å². The van der Waals surface area contributed by atoms with Crippen molar-refractivity contribution in [1.82, 2.24) is 4.98 Å². The molecule has 0 spiro atoms. The van der Waals surface area contributed by atoms with Crippen LogP contribution < -0.4 is 5.32 Å². The summed E-state index contributed by atoms with van der Waals surface area (Å²) in [5.74, 6) is -0.0834. The fraction of sp³-hybridized carbons (Fsp3) is 0.692. The van der Waals surface area contributed by atoms with Gasteiger partial charge in [0.1, 0.15) is 5.41 Å². The van der Waals surface area contributed by atoms with Gasteiger partial charge < -0.3 is 15.2 Å². The first-order valence-corrected chi connectivity index (χ1v) is 7.39. The topological polar surface area (TPSA) is 71.5 Å². The lowest BCUT2D eigenvalue weighted by molar-refractivity contribution is -0.142. The molecule has 5 nitrogen and oxygen atoms in total. The Bertz CT molecular complexity index is 441. The van der Waals surface area contributed by atoms with E-state index in [9.17, 15) is 4.79 Å². The van der Waals surface area contributed by atoms with Crippen LogP contribution in [0.2, 0.25) is 0 Å². The molecule has 0 saturated heterocycles. The van der Waals surface area contributed by atoms with E-state index in [2.05, 4.69) is 10.3 Å². The normalized spacial score (nSPS) is 15.5. The van der Waals surface area contributed by atoms with Gasteiger partial charge in [-0.2, -0.15) is 0 Å². The minimum atomic E-state index is -0.946. The molecule has 0 aliphatic heterocycles. The first kappa shape index (κ1) is 14.3. The van der Waals surface area contributed by atoms with E-state index in [1.807, 2.05) is 0 Å². The summed E-state index contributed by atoms with van der Waals surface area (Å²) in [5, 5.41) is 14.8. The van der Waals surface area contributed by atoms with Crippen LogP contribution in [0, 0.1) is 5.92 Å². The minimum Gasteiger partial charge on any atom is -0.481 e. The molecule has 106 valence electrons. The highest BCUT2D eigenvalue weighted by atomic mass is 32.1. The van der Waals surface area contributed by atoms with E-state index >= 15 is 0 Å². The Hall–Kier alpha value is -1.14. The molecule has 1 aromatic heterocycles. The maximum atomic E-state index is 11.1. The summed E-state index contributed by atoms with van der Waals surface area (Å²) in [7, 11) is 0. The molecule has 0 aromatic carbocycles. The maximum Gasteiger partial charge on any atom is 0.315 e. The lowest BCUT2D eigenvalue weighted by Crippen LogP contribution is -2.28. The third-order valence-corrected chi connectivity index (χ3v) is 4.05. The van der Waals surface area contributed by atoms with Gasteiger partial charge in [0, 0.05) is 18.5 Å². The summed E-state index contributed by atoms with van der Waals surface area (Å²) < 4.78 is 5.51. The molecule has 0 unspecified atom stereocenters. The average molecular weight is 284 g/mol. The quantitative estimate of drug-likeness (QED) is 0.717. The number of aliphatic carboxylic acids is 1. The number of thiazole rings is 1. The van der Waals surface area contributed by atoms with Crippen molar-refractivity contribution in [2.24, 2.45) is 5.92 Å². The van der Waals surface area contributed by atoms with Crippen molar-refractivity contribution in [3.05, 3.63) is 11.1 Å². The van der Waals surface area contributed by atoms with Crippen molar-refractivity contribution in [2.45, 2.75) is 32.1 Å². The molecule has 2 rings (SSSR count). The van der Waals surface area contributed by atoms with E-state index < -0.39 is 11.4 Å². The highest BCUT2D eigenvalue weighted by Crippen LogP contribution is 2.29. The molecule has 1 aromatic rings. The van der Waals surface area contributed by atoms with E-state index in [0.717, 1.165) is 17.7 Å². The smallest absolute Gasteiger partial charge is 0.315 e. The molecule has 1 aliphatic rings. The molecule has 1 heterocycles. The number of ether oxygens (including phenoxy) is 1. The lowest BCUT2D eigenvalue weighted by Gasteiger charge is -2.15. The van der Waals surface area contributed by atoms with Gasteiger partial charge in [-0.25, -0.2) is 4.98 Å². The van der Waals surface area contributed by atoms with Crippen molar-refractivity contribution in [1.29, 1.82) is 0 Å². The second-order valence-electron chi connectivity index (χ2n) is 5.41. The van der Waals surface area contributed by atoms with Gasteiger partial charge >= 0.3 is 5.97 Å². The first-order valence-electron chi connectivity index (χ1n) is 6.51. The molecule has 0 amide bonds. The number of rotatable bonds is 8. The fourth-order valence-corrected chi connectivity index (χ4v) is 2.42. The van der Waals surface area contributed by atoms with Crippen LogP contribution in [-0.2, 0) is 14.9 Å². The van der Waals surface area contributed by atoms with Crippen LogP contribution in [0.5, 0.6) is 0 Å². The monoisotopic (exact) mass is 284 g/mol. The van der Waals surface area contributed by atoms with E-state index in [0.29, 0.717) is 18.8 Å². The van der Waals surface area contributed by atoms with Gasteiger partial charge in [-0.3, -0.25) is 4.79 Å². The zero-order chi connectivity index (χ0) is 13.9. The number of carboxylic acids is 1. The molecule has 2 N–H and O–H groups in total. The van der Waals surface area contributed by atoms with Crippen LogP contribution in [0.1, 0.15) is 32.4 Å². The molecule has 6 heteroatoms. The number of nitrogens with zero attached hydrogens (tertiary/aromatic N) is 1. The van der Waals surface area contributed by atoms with Crippen LogP contribution in [-0.4, -0.2) is 35.8 Å². The van der Waals surface area contributed by atoms with Crippen molar-refractivity contribution in [2.75, 3.05) is 25.1 Å². The number of carboxylic acid groups (broad SMARTS) is 1. The lowest BCUT2D eigenvalue weighted by atomic mass is 9.90. The molecule has 0 atom stereocenters. The van der Waals surface area contributed by atoms with E-state index in [1.165, 1.54) is 24.2 Å². The molecule has 0 radical (unpaired) electrons. The predicted molar refractivity (Wildman–Crippen MR) is 74.8 cm³/mol. The predicted octanol–water partition coefficient (Wildman–Crippen LogP) is 2.34. The Morgan fingerprint density at radius 3 is 3.00 bits per heavy atom. The van der Waals surface area contributed by atoms with Crippen LogP contribution in [0.4, 0.5) is 5.13 Å². The van der Waals surface area contributed by atoms with Crippen molar-refractivity contribution in [3.8, 4) is 0 Å². The second kappa shape index (κ2) is 5.88. The van der Waals surface area contributed by atoms with E-state index in [-0.39, 0.29) is 0 Å². The van der Waals surface area contributed by atoms with Gasteiger partial charge in [-0.1, -0.05) is 0 Å². The van der Waals surface area contributed by atoms with Gasteiger partial charge in [0.15, 0.2) is 5.13 Å². The standard InChI is InChI=1S/C13H20N2O3S/c1-13(2,11(16)17)10-8-19-12(15-10)14-5-6-18-7-9-3-4-9/h8-9H,3-7H2,1-2H3,(H,14,15)(H,16,17). The molecular weight excluding hydrogens is 264 g/mol. The largest absolute Gasteiger partial charge is 0.481 e. The Morgan fingerprint density at radius 2 is 2.37 bits per heavy atom. The Labute approximate surface area is 117 Å². The second-order valence-corrected chi connectivity index (χ2v) is 6.27. The molecule has 1 aliphatic carbocycles. The van der Waals surface area contributed by atoms with Crippen molar-refractivity contribution < 1.29 is 14.6 Å². The highest BCUT2D eigenvalue weighted by molar-refractivity contribution is 7.13. The summed E-state index contributed by atoms with van der Waals surface area (Å²) >= 11 is 1.43.